The fourth-order valence-corrected chi connectivity index (χ4v) is 6.48. The van der Waals surface area contributed by atoms with Crippen molar-refractivity contribution in [2.24, 2.45) is 0 Å². The molecule has 9 rings (SSSR count). The summed E-state index contributed by atoms with van der Waals surface area (Å²) >= 11 is 0. The number of hydrogen-bond acceptors (Lipinski definition) is 3. The van der Waals surface area contributed by atoms with Crippen molar-refractivity contribution in [2.45, 2.75) is 0 Å². The summed E-state index contributed by atoms with van der Waals surface area (Å²) in [4.78, 5) is 10.4. The average molecular weight is 575 g/mol. The monoisotopic (exact) mass is 574 g/mol. The number of nitrogens with zero attached hydrogens (tertiary/aromatic N) is 2. The summed E-state index contributed by atoms with van der Waals surface area (Å²) in [7, 11) is 0. The van der Waals surface area contributed by atoms with Gasteiger partial charge in [-0.2, -0.15) is 0 Å². The molecule has 3 nitrogen and oxygen atoms in total. The summed E-state index contributed by atoms with van der Waals surface area (Å²) in [5, 5.41) is 5.41. The predicted molar refractivity (Wildman–Crippen MR) is 186 cm³/mol. The third-order valence-corrected chi connectivity index (χ3v) is 8.69. The van der Waals surface area contributed by atoms with Crippen LogP contribution in [0.3, 0.4) is 0 Å². The predicted octanol–water partition coefficient (Wildman–Crippen LogP) is 11.4. The van der Waals surface area contributed by atoms with Gasteiger partial charge in [-0.25, -0.2) is 9.97 Å². The van der Waals surface area contributed by atoms with Gasteiger partial charge in [0.05, 0.1) is 11.2 Å². The van der Waals surface area contributed by atoms with Gasteiger partial charge in [-0.15, -0.1) is 0 Å². The van der Waals surface area contributed by atoms with Gasteiger partial charge in [-0.3, -0.25) is 0 Å². The first-order valence-corrected chi connectivity index (χ1v) is 15.2. The molecule has 0 aliphatic heterocycles. The molecule has 0 aliphatic rings. The third kappa shape index (κ3) is 4.29. The molecule has 0 fully saturated rings. The zero-order chi connectivity index (χ0) is 29.7. The average Bonchev–Trinajstić information content (AvgIpc) is 3.50. The highest BCUT2D eigenvalue weighted by Crippen LogP contribution is 2.40. The van der Waals surface area contributed by atoms with Crippen LogP contribution in [0.2, 0.25) is 0 Å². The maximum atomic E-state index is 6.51. The van der Waals surface area contributed by atoms with Crippen molar-refractivity contribution in [1.29, 1.82) is 0 Å². The van der Waals surface area contributed by atoms with Crippen molar-refractivity contribution in [3.63, 3.8) is 0 Å². The lowest BCUT2D eigenvalue weighted by Crippen LogP contribution is -1.96. The van der Waals surface area contributed by atoms with Gasteiger partial charge in [0.2, 0.25) is 0 Å². The Kier molecular flexibility index (Phi) is 5.82. The van der Waals surface area contributed by atoms with Crippen LogP contribution in [0.25, 0.3) is 88.5 Å². The fraction of sp³-hybridized carbons (Fsp3) is 0. The molecule has 0 unspecified atom stereocenters. The summed E-state index contributed by atoms with van der Waals surface area (Å²) in [6.45, 7) is 0. The topological polar surface area (TPSA) is 38.9 Å². The molecule has 0 aliphatic carbocycles. The van der Waals surface area contributed by atoms with Gasteiger partial charge < -0.3 is 4.42 Å². The van der Waals surface area contributed by atoms with E-state index in [-0.39, 0.29) is 0 Å². The Bertz CT molecular complexity index is 2530. The molecule has 2 aromatic heterocycles. The van der Waals surface area contributed by atoms with E-state index in [4.69, 9.17) is 14.4 Å². The highest BCUT2D eigenvalue weighted by Gasteiger charge is 2.18. The fourth-order valence-electron chi connectivity index (χ4n) is 6.48. The van der Waals surface area contributed by atoms with Crippen molar-refractivity contribution in [2.75, 3.05) is 0 Å². The molecule has 0 atom stereocenters. The molecule has 0 saturated heterocycles. The van der Waals surface area contributed by atoms with Crippen LogP contribution in [-0.2, 0) is 0 Å². The van der Waals surface area contributed by atoms with Crippen molar-refractivity contribution < 1.29 is 4.42 Å². The molecule has 0 saturated carbocycles. The third-order valence-electron chi connectivity index (χ3n) is 8.69. The molecule has 2 heterocycles. The van der Waals surface area contributed by atoms with Gasteiger partial charge in [-0.05, 0) is 51.9 Å². The minimum atomic E-state index is 0.695. The number of rotatable bonds is 4. The van der Waals surface area contributed by atoms with Gasteiger partial charge in [0, 0.05) is 32.7 Å². The molecule has 9 aromatic rings. The lowest BCUT2D eigenvalue weighted by Gasteiger charge is -2.13. The Balaban J connectivity index is 1.21. The summed E-state index contributed by atoms with van der Waals surface area (Å²) < 4.78 is 6.51. The van der Waals surface area contributed by atoms with Crippen molar-refractivity contribution in [1.82, 2.24) is 9.97 Å². The molecule has 0 spiro atoms. The smallest absolute Gasteiger partial charge is 0.160 e. The Morgan fingerprint density at radius 2 is 1.09 bits per heavy atom. The summed E-state index contributed by atoms with van der Waals surface area (Å²) in [6.07, 6.45) is 0. The van der Waals surface area contributed by atoms with E-state index >= 15 is 0 Å². The van der Waals surface area contributed by atoms with Gasteiger partial charge in [0.15, 0.2) is 5.82 Å². The minimum Gasteiger partial charge on any atom is -0.455 e. The van der Waals surface area contributed by atoms with E-state index < -0.39 is 0 Å². The Morgan fingerprint density at radius 3 is 1.96 bits per heavy atom. The largest absolute Gasteiger partial charge is 0.455 e. The quantitative estimate of drug-likeness (QED) is 0.210. The first kappa shape index (κ1) is 25.4. The Labute approximate surface area is 260 Å². The van der Waals surface area contributed by atoms with Crippen LogP contribution in [-0.4, -0.2) is 9.97 Å². The molecule has 0 bridgehead atoms. The molecular formula is C42H26N2O. The number of para-hydroxylation sites is 2. The second-order valence-corrected chi connectivity index (χ2v) is 11.4. The lowest BCUT2D eigenvalue weighted by atomic mass is 9.96. The maximum absolute atomic E-state index is 6.51. The van der Waals surface area contributed by atoms with Gasteiger partial charge in [0.1, 0.15) is 11.2 Å². The van der Waals surface area contributed by atoms with E-state index in [2.05, 4.69) is 133 Å². The van der Waals surface area contributed by atoms with E-state index in [1.807, 2.05) is 24.3 Å². The number of aromatic nitrogens is 2. The summed E-state index contributed by atoms with van der Waals surface area (Å²) in [5.74, 6) is 0.695. The van der Waals surface area contributed by atoms with Crippen molar-refractivity contribution in [3.05, 3.63) is 158 Å². The van der Waals surface area contributed by atoms with Crippen LogP contribution in [0, 0.1) is 0 Å². The second-order valence-electron chi connectivity index (χ2n) is 11.4. The van der Waals surface area contributed by atoms with Crippen LogP contribution >= 0.6 is 0 Å². The molecule has 45 heavy (non-hydrogen) atoms. The second kappa shape index (κ2) is 10.3. The van der Waals surface area contributed by atoms with Gasteiger partial charge >= 0.3 is 0 Å². The normalized spacial score (nSPS) is 11.6. The standard InChI is InChI=1S/C42H26N2O/c1-2-10-27(11-3-1)28-20-22-29(23-21-28)31-13-8-14-32(26-31)42-43-37-18-6-4-16-35(37)40(44-42)36-17-9-12-30-24-25-34-33-15-5-7-19-38(33)45-41(34)39(30)36/h1-26H. The molecule has 3 heteroatoms. The van der Waals surface area contributed by atoms with E-state index in [0.717, 1.165) is 71.6 Å². The molecule has 7 aromatic carbocycles. The SMILES string of the molecule is c1ccc(-c2ccc(-c3cccc(-c4nc(-c5cccc6ccc7c8ccccc8oc7c56)c5ccccc5n4)c3)cc2)cc1. The van der Waals surface area contributed by atoms with E-state index in [1.165, 1.54) is 11.1 Å². The summed E-state index contributed by atoms with van der Waals surface area (Å²) in [6, 6.07) is 54.9. The highest BCUT2D eigenvalue weighted by atomic mass is 16.3. The van der Waals surface area contributed by atoms with Crippen molar-refractivity contribution >= 4 is 43.6 Å². The highest BCUT2D eigenvalue weighted by molar-refractivity contribution is 6.19. The van der Waals surface area contributed by atoms with Crippen molar-refractivity contribution in [3.8, 4) is 44.9 Å². The van der Waals surface area contributed by atoms with Gasteiger partial charge in [0.25, 0.3) is 0 Å². The molecule has 0 amide bonds. The molecule has 0 N–H and O–H groups in total. The molecular weight excluding hydrogens is 548 g/mol. The number of fused-ring (bicyclic) bond motifs is 6. The van der Waals surface area contributed by atoms with Crippen LogP contribution in [0.5, 0.6) is 0 Å². The summed E-state index contributed by atoms with van der Waals surface area (Å²) in [5.41, 5.74) is 10.3. The van der Waals surface area contributed by atoms with Gasteiger partial charge in [-0.1, -0.05) is 133 Å². The Hall–Kier alpha value is -6.06. The van der Waals surface area contributed by atoms with Crippen LogP contribution < -0.4 is 0 Å². The number of hydrogen-bond donors (Lipinski definition) is 0. The zero-order valence-electron chi connectivity index (χ0n) is 24.3. The van der Waals surface area contributed by atoms with Crippen LogP contribution in [0.15, 0.2) is 162 Å². The first-order chi connectivity index (χ1) is 22.3. The van der Waals surface area contributed by atoms with E-state index in [9.17, 15) is 0 Å². The van der Waals surface area contributed by atoms with E-state index in [1.54, 1.807) is 0 Å². The lowest BCUT2D eigenvalue weighted by molar-refractivity contribution is 0.673. The zero-order valence-corrected chi connectivity index (χ0v) is 24.3. The number of furan rings is 1. The van der Waals surface area contributed by atoms with Crippen LogP contribution in [0.1, 0.15) is 0 Å². The van der Waals surface area contributed by atoms with E-state index in [0.29, 0.717) is 5.82 Å². The molecule has 210 valence electrons. The Morgan fingerprint density at radius 1 is 0.422 bits per heavy atom. The first-order valence-electron chi connectivity index (χ1n) is 15.2. The number of benzene rings is 7. The van der Waals surface area contributed by atoms with Crippen LogP contribution in [0.4, 0.5) is 0 Å². The minimum absolute atomic E-state index is 0.695. The molecule has 0 radical (unpaired) electrons. The maximum Gasteiger partial charge on any atom is 0.160 e.